The molecule has 0 aromatic carbocycles. The zero-order valence-corrected chi connectivity index (χ0v) is 14.1. The van der Waals surface area contributed by atoms with Crippen molar-refractivity contribution in [3.05, 3.63) is 23.2 Å². The molecule has 4 nitrogen and oxygen atoms in total. The molecular formula is C17H31N3O. The molecule has 0 spiro atoms. The van der Waals surface area contributed by atoms with E-state index in [4.69, 9.17) is 4.42 Å². The summed E-state index contributed by atoms with van der Waals surface area (Å²) >= 11 is 0. The molecule has 1 fully saturated rings. The average molecular weight is 293 g/mol. The number of furan rings is 1. The van der Waals surface area contributed by atoms with E-state index in [9.17, 15) is 0 Å². The molecule has 0 saturated carbocycles. The highest BCUT2D eigenvalue weighted by Gasteiger charge is 2.15. The molecule has 0 bridgehead atoms. The molecule has 0 unspecified atom stereocenters. The Bertz CT molecular complexity index is 428. The maximum absolute atomic E-state index is 5.95. The molecule has 120 valence electrons. The van der Waals surface area contributed by atoms with Crippen molar-refractivity contribution >= 4 is 0 Å². The van der Waals surface area contributed by atoms with Crippen LogP contribution < -0.4 is 5.32 Å². The number of likely N-dealkylation sites (N-methyl/N-ethyl adjacent to an activating group) is 1. The molecule has 4 heteroatoms. The van der Waals surface area contributed by atoms with Crippen LogP contribution in [-0.2, 0) is 13.1 Å². The lowest BCUT2D eigenvalue weighted by Crippen LogP contribution is -2.28. The van der Waals surface area contributed by atoms with E-state index >= 15 is 0 Å². The minimum atomic E-state index is 0.686. The molecule has 1 N–H and O–H groups in total. The van der Waals surface area contributed by atoms with Gasteiger partial charge in [-0.3, -0.25) is 4.90 Å². The lowest BCUT2D eigenvalue weighted by atomic mass is 10.2. The van der Waals surface area contributed by atoms with Crippen LogP contribution in [0.1, 0.15) is 37.4 Å². The third kappa shape index (κ3) is 5.46. The molecule has 2 rings (SSSR count). The number of hydrogen-bond donors (Lipinski definition) is 1. The normalized spacial score (nSPS) is 18.3. The Hall–Kier alpha value is -0.840. The predicted octanol–water partition coefficient (Wildman–Crippen LogP) is 2.47. The summed E-state index contributed by atoms with van der Waals surface area (Å²) in [6.45, 7) is 14.1. The van der Waals surface area contributed by atoms with Gasteiger partial charge in [-0.2, -0.15) is 0 Å². The van der Waals surface area contributed by atoms with Gasteiger partial charge in [0.2, 0.25) is 0 Å². The number of aryl methyl sites for hydroxylation is 1. The zero-order valence-electron chi connectivity index (χ0n) is 14.1. The van der Waals surface area contributed by atoms with Gasteiger partial charge in [0.05, 0.1) is 6.54 Å². The summed E-state index contributed by atoms with van der Waals surface area (Å²) in [6, 6.07) is 2.23. The molecule has 1 aromatic heterocycles. The monoisotopic (exact) mass is 293 g/mol. The van der Waals surface area contributed by atoms with Gasteiger partial charge >= 0.3 is 0 Å². The largest absolute Gasteiger partial charge is 0.465 e. The van der Waals surface area contributed by atoms with Gasteiger partial charge in [-0.25, -0.2) is 0 Å². The lowest BCUT2D eigenvalue weighted by Gasteiger charge is -2.18. The first-order valence-corrected chi connectivity index (χ1v) is 8.24. The first kappa shape index (κ1) is 16.5. The van der Waals surface area contributed by atoms with Gasteiger partial charge in [0, 0.05) is 25.2 Å². The van der Waals surface area contributed by atoms with Crippen molar-refractivity contribution in [2.24, 2.45) is 5.92 Å². The standard InChI is InChI=1S/C17H31N3O/c1-14(2)11-18-12-16-10-17(21-15(16)3)13-20-7-5-6-19(4)8-9-20/h10,14,18H,5-9,11-13H2,1-4H3. The van der Waals surface area contributed by atoms with Gasteiger partial charge < -0.3 is 14.6 Å². The molecule has 1 aliphatic heterocycles. The molecule has 2 heterocycles. The van der Waals surface area contributed by atoms with Crippen molar-refractivity contribution in [2.45, 2.75) is 40.3 Å². The fourth-order valence-corrected chi connectivity index (χ4v) is 2.82. The maximum Gasteiger partial charge on any atom is 0.118 e. The molecule has 1 aromatic rings. The van der Waals surface area contributed by atoms with Gasteiger partial charge in [-0.15, -0.1) is 0 Å². The summed E-state index contributed by atoms with van der Waals surface area (Å²) in [6.07, 6.45) is 1.25. The molecule has 21 heavy (non-hydrogen) atoms. The first-order chi connectivity index (χ1) is 10.0. The Morgan fingerprint density at radius 3 is 2.81 bits per heavy atom. The number of nitrogens with one attached hydrogen (secondary N) is 1. The average Bonchev–Trinajstić information content (AvgIpc) is 2.62. The quantitative estimate of drug-likeness (QED) is 0.873. The first-order valence-electron chi connectivity index (χ1n) is 8.24. The van der Waals surface area contributed by atoms with Crippen LogP contribution in [0.25, 0.3) is 0 Å². The van der Waals surface area contributed by atoms with Gasteiger partial charge in [0.1, 0.15) is 11.5 Å². The Balaban J connectivity index is 1.86. The van der Waals surface area contributed by atoms with E-state index in [-0.39, 0.29) is 0 Å². The van der Waals surface area contributed by atoms with Crippen LogP contribution in [-0.4, -0.2) is 49.6 Å². The maximum atomic E-state index is 5.95. The van der Waals surface area contributed by atoms with Crippen LogP contribution in [0.3, 0.4) is 0 Å². The van der Waals surface area contributed by atoms with Gasteiger partial charge in [0.15, 0.2) is 0 Å². The van der Waals surface area contributed by atoms with E-state index in [1.807, 2.05) is 0 Å². The molecule has 1 saturated heterocycles. The molecule has 0 radical (unpaired) electrons. The summed E-state index contributed by atoms with van der Waals surface area (Å²) in [7, 11) is 2.21. The second-order valence-electron chi connectivity index (χ2n) is 6.75. The van der Waals surface area contributed by atoms with Crippen LogP contribution >= 0.6 is 0 Å². The fourth-order valence-electron chi connectivity index (χ4n) is 2.82. The van der Waals surface area contributed by atoms with Crippen LogP contribution in [0.15, 0.2) is 10.5 Å². The van der Waals surface area contributed by atoms with Crippen LogP contribution in [0.2, 0.25) is 0 Å². The van der Waals surface area contributed by atoms with E-state index < -0.39 is 0 Å². The molecular weight excluding hydrogens is 262 g/mol. The third-order valence-electron chi connectivity index (χ3n) is 4.13. The number of hydrogen-bond acceptors (Lipinski definition) is 4. The Kier molecular flexibility index (Phi) is 6.27. The van der Waals surface area contributed by atoms with Crippen molar-refractivity contribution in [1.82, 2.24) is 15.1 Å². The SMILES string of the molecule is Cc1oc(CN2CCCN(C)CC2)cc1CNCC(C)C. The van der Waals surface area contributed by atoms with Gasteiger partial charge in [0.25, 0.3) is 0 Å². The predicted molar refractivity (Wildman–Crippen MR) is 87.4 cm³/mol. The van der Waals surface area contributed by atoms with Crippen LogP contribution in [0.5, 0.6) is 0 Å². The summed E-state index contributed by atoms with van der Waals surface area (Å²) in [4.78, 5) is 4.92. The molecule has 0 atom stereocenters. The highest BCUT2D eigenvalue weighted by Crippen LogP contribution is 2.17. The third-order valence-corrected chi connectivity index (χ3v) is 4.13. The summed E-state index contributed by atoms with van der Waals surface area (Å²) in [5.74, 6) is 2.86. The molecule has 0 aliphatic carbocycles. The van der Waals surface area contributed by atoms with Gasteiger partial charge in [-0.1, -0.05) is 13.8 Å². The van der Waals surface area contributed by atoms with Gasteiger partial charge in [-0.05, 0) is 52.0 Å². The Morgan fingerprint density at radius 1 is 1.24 bits per heavy atom. The smallest absolute Gasteiger partial charge is 0.118 e. The Morgan fingerprint density at radius 2 is 2.05 bits per heavy atom. The van der Waals surface area contributed by atoms with Crippen molar-refractivity contribution in [3.63, 3.8) is 0 Å². The number of rotatable bonds is 6. The van der Waals surface area contributed by atoms with Crippen molar-refractivity contribution < 1.29 is 4.42 Å². The van der Waals surface area contributed by atoms with Crippen molar-refractivity contribution in [3.8, 4) is 0 Å². The van der Waals surface area contributed by atoms with E-state index in [1.54, 1.807) is 0 Å². The summed E-state index contributed by atoms with van der Waals surface area (Å²) in [5, 5.41) is 3.49. The highest BCUT2D eigenvalue weighted by molar-refractivity contribution is 5.20. The van der Waals surface area contributed by atoms with E-state index in [0.717, 1.165) is 44.2 Å². The van der Waals surface area contributed by atoms with E-state index in [0.29, 0.717) is 5.92 Å². The summed E-state index contributed by atoms with van der Waals surface area (Å²) in [5.41, 5.74) is 1.30. The minimum absolute atomic E-state index is 0.686. The second kappa shape index (κ2) is 7.97. The summed E-state index contributed by atoms with van der Waals surface area (Å²) < 4.78 is 5.95. The van der Waals surface area contributed by atoms with E-state index in [2.05, 4.69) is 49.0 Å². The van der Waals surface area contributed by atoms with E-state index in [1.165, 1.54) is 25.1 Å². The van der Waals surface area contributed by atoms with Crippen molar-refractivity contribution in [2.75, 3.05) is 39.8 Å². The Labute approximate surface area is 129 Å². The molecule has 1 aliphatic rings. The minimum Gasteiger partial charge on any atom is -0.465 e. The van der Waals surface area contributed by atoms with Crippen molar-refractivity contribution in [1.29, 1.82) is 0 Å². The zero-order chi connectivity index (χ0) is 15.2. The second-order valence-corrected chi connectivity index (χ2v) is 6.75. The fraction of sp³-hybridized carbons (Fsp3) is 0.765. The number of nitrogens with zero attached hydrogens (tertiary/aromatic N) is 2. The lowest BCUT2D eigenvalue weighted by molar-refractivity contribution is 0.247. The topological polar surface area (TPSA) is 31.7 Å². The van der Waals surface area contributed by atoms with Crippen LogP contribution in [0, 0.1) is 12.8 Å². The molecule has 0 amide bonds. The highest BCUT2D eigenvalue weighted by atomic mass is 16.3. The van der Waals surface area contributed by atoms with Crippen LogP contribution in [0.4, 0.5) is 0 Å².